The van der Waals surface area contributed by atoms with Crippen LogP contribution in [0.25, 0.3) is 0 Å². The molecule has 1 N–H and O–H groups in total. The molecule has 7 heteroatoms. The van der Waals surface area contributed by atoms with Gasteiger partial charge in [0.2, 0.25) is 5.91 Å². The van der Waals surface area contributed by atoms with Crippen LogP contribution in [-0.2, 0) is 16.1 Å². The van der Waals surface area contributed by atoms with E-state index in [1.165, 1.54) is 0 Å². The largest absolute Gasteiger partial charge is 0.484 e. The highest BCUT2D eigenvalue weighted by molar-refractivity contribution is 6.35. The van der Waals surface area contributed by atoms with Crippen LogP contribution in [0.3, 0.4) is 0 Å². The summed E-state index contributed by atoms with van der Waals surface area (Å²) < 4.78 is 5.83. The van der Waals surface area contributed by atoms with E-state index in [9.17, 15) is 9.59 Å². The minimum atomic E-state index is -0.618. The van der Waals surface area contributed by atoms with E-state index in [0.29, 0.717) is 22.2 Å². The van der Waals surface area contributed by atoms with Crippen molar-refractivity contribution in [3.8, 4) is 5.75 Å². The SMILES string of the molecule is CCC(C(=O)NC1CCCC1)N(Cc1ccc(Cl)cc1Cl)C(=O)COc1cc(C)cc(C)c1. The van der Waals surface area contributed by atoms with Crippen molar-refractivity contribution in [2.75, 3.05) is 6.61 Å². The van der Waals surface area contributed by atoms with Crippen LogP contribution in [0.15, 0.2) is 36.4 Å². The first kappa shape index (κ1) is 25.4. The molecule has 1 aliphatic rings. The van der Waals surface area contributed by atoms with E-state index >= 15 is 0 Å². The molecule has 1 unspecified atom stereocenters. The topological polar surface area (TPSA) is 58.6 Å². The van der Waals surface area contributed by atoms with Crippen LogP contribution in [0.2, 0.25) is 10.0 Å². The number of ether oxygens (including phenoxy) is 1. The highest BCUT2D eigenvalue weighted by Gasteiger charge is 2.31. The number of amides is 2. The van der Waals surface area contributed by atoms with E-state index in [2.05, 4.69) is 5.32 Å². The Balaban J connectivity index is 1.80. The lowest BCUT2D eigenvalue weighted by Gasteiger charge is -2.31. The number of carbonyl (C=O) groups excluding carboxylic acids is 2. The molecule has 1 aliphatic carbocycles. The molecule has 0 spiro atoms. The van der Waals surface area contributed by atoms with Crippen molar-refractivity contribution >= 4 is 35.0 Å². The molecule has 3 rings (SSSR count). The molecule has 0 bridgehead atoms. The fourth-order valence-corrected chi connectivity index (χ4v) is 4.83. The zero-order valence-corrected chi connectivity index (χ0v) is 21.0. The average molecular weight is 491 g/mol. The maximum absolute atomic E-state index is 13.4. The monoisotopic (exact) mass is 490 g/mol. The van der Waals surface area contributed by atoms with Crippen LogP contribution >= 0.6 is 23.2 Å². The van der Waals surface area contributed by atoms with Crippen LogP contribution < -0.4 is 10.1 Å². The van der Waals surface area contributed by atoms with Gasteiger partial charge in [0.25, 0.3) is 5.91 Å². The summed E-state index contributed by atoms with van der Waals surface area (Å²) in [6, 6.07) is 10.6. The van der Waals surface area contributed by atoms with Crippen molar-refractivity contribution in [2.45, 2.75) is 71.5 Å². The molecular weight excluding hydrogens is 459 g/mol. The third-order valence-corrected chi connectivity index (χ3v) is 6.59. The van der Waals surface area contributed by atoms with Crippen LogP contribution in [0, 0.1) is 13.8 Å². The molecule has 0 heterocycles. The van der Waals surface area contributed by atoms with Gasteiger partial charge in [-0.2, -0.15) is 0 Å². The average Bonchev–Trinajstić information content (AvgIpc) is 3.25. The normalized spacial score (nSPS) is 14.7. The van der Waals surface area contributed by atoms with Crippen LogP contribution in [0.1, 0.15) is 55.7 Å². The molecule has 0 saturated heterocycles. The zero-order chi connectivity index (χ0) is 24.0. The molecule has 5 nitrogen and oxygen atoms in total. The van der Waals surface area contributed by atoms with Gasteiger partial charge in [-0.1, -0.05) is 55.1 Å². The summed E-state index contributed by atoms with van der Waals surface area (Å²) in [7, 11) is 0. The van der Waals surface area contributed by atoms with Gasteiger partial charge in [-0.25, -0.2) is 0 Å². The molecule has 1 saturated carbocycles. The Morgan fingerprint density at radius 1 is 1.09 bits per heavy atom. The lowest BCUT2D eigenvalue weighted by molar-refractivity contribution is -0.143. The lowest BCUT2D eigenvalue weighted by atomic mass is 10.1. The first-order chi connectivity index (χ1) is 15.8. The van der Waals surface area contributed by atoms with Crippen molar-refractivity contribution < 1.29 is 14.3 Å². The summed E-state index contributed by atoms with van der Waals surface area (Å²) in [6.07, 6.45) is 4.69. The van der Waals surface area contributed by atoms with Gasteiger partial charge in [-0.3, -0.25) is 9.59 Å². The summed E-state index contributed by atoms with van der Waals surface area (Å²) in [5, 5.41) is 4.11. The van der Waals surface area contributed by atoms with E-state index in [1.54, 1.807) is 23.1 Å². The molecule has 33 heavy (non-hydrogen) atoms. The second-order valence-electron chi connectivity index (χ2n) is 8.78. The molecule has 0 aromatic heterocycles. The van der Waals surface area contributed by atoms with Crippen LogP contribution in [0.5, 0.6) is 5.75 Å². The fraction of sp³-hybridized carbons (Fsp3) is 0.462. The number of carbonyl (C=O) groups is 2. The zero-order valence-electron chi connectivity index (χ0n) is 19.5. The van der Waals surface area contributed by atoms with Crippen molar-refractivity contribution in [1.29, 1.82) is 0 Å². The standard InChI is InChI=1S/C26H32Cl2N2O3/c1-4-24(26(32)29-21-7-5-6-8-21)30(15-19-9-10-20(27)14-23(19)28)25(31)16-33-22-12-17(2)11-18(3)13-22/h9-14,21,24H,4-8,15-16H2,1-3H3,(H,29,32). The first-order valence-corrected chi connectivity index (χ1v) is 12.3. The number of hydrogen-bond acceptors (Lipinski definition) is 3. The van der Waals surface area contributed by atoms with E-state index in [0.717, 1.165) is 42.4 Å². The Kier molecular flexibility index (Phi) is 9.04. The Labute approximate surface area is 206 Å². The second-order valence-corrected chi connectivity index (χ2v) is 9.63. The minimum Gasteiger partial charge on any atom is -0.484 e. The molecule has 1 atom stereocenters. The maximum atomic E-state index is 13.4. The second kappa shape index (κ2) is 11.8. The van der Waals surface area contributed by atoms with Gasteiger partial charge >= 0.3 is 0 Å². The first-order valence-electron chi connectivity index (χ1n) is 11.5. The summed E-state index contributed by atoms with van der Waals surface area (Å²) in [5.41, 5.74) is 2.85. The van der Waals surface area contributed by atoms with Gasteiger partial charge < -0.3 is 15.0 Å². The summed E-state index contributed by atoms with van der Waals surface area (Å²) in [5.74, 6) is 0.233. The Bertz CT molecular complexity index is 969. The minimum absolute atomic E-state index is 0.130. The van der Waals surface area contributed by atoms with E-state index in [4.69, 9.17) is 27.9 Å². The number of benzene rings is 2. The smallest absolute Gasteiger partial charge is 0.261 e. The number of rotatable bonds is 9. The molecule has 1 fully saturated rings. The predicted octanol–water partition coefficient (Wildman–Crippen LogP) is 5.86. The van der Waals surface area contributed by atoms with E-state index in [1.807, 2.05) is 39.0 Å². The quantitative estimate of drug-likeness (QED) is 0.479. The third kappa shape index (κ3) is 7.12. The maximum Gasteiger partial charge on any atom is 0.261 e. The van der Waals surface area contributed by atoms with Crippen molar-refractivity contribution in [1.82, 2.24) is 10.2 Å². The Morgan fingerprint density at radius 2 is 1.76 bits per heavy atom. The van der Waals surface area contributed by atoms with Crippen molar-refractivity contribution in [3.63, 3.8) is 0 Å². The van der Waals surface area contributed by atoms with E-state index < -0.39 is 6.04 Å². The number of nitrogens with one attached hydrogen (secondary N) is 1. The summed E-state index contributed by atoms with van der Waals surface area (Å²) >= 11 is 12.4. The van der Waals surface area contributed by atoms with Crippen molar-refractivity contribution in [2.24, 2.45) is 0 Å². The highest BCUT2D eigenvalue weighted by atomic mass is 35.5. The molecule has 0 radical (unpaired) electrons. The lowest BCUT2D eigenvalue weighted by Crippen LogP contribution is -2.52. The van der Waals surface area contributed by atoms with Gasteiger partial charge in [-0.05, 0) is 74.1 Å². The molecule has 2 aromatic carbocycles. The fourth-order valence-electron chi connectivity index (χ4n) is 4.36. The highest BCUT2D eigenvalue weighted by Crippen LogP contribution is 2.25. The summed E-state index contributed by atoms with van der Waals surface area (Å²) in [4.78, 5) is 28.1. The molecule has 2 amide bonds. The van der Waals surface area contributed by atoms with Gasteiger partial charge in [0.05, 0.1) is 0 Å². The third-order valence-electron chi connectivity index (χ3n) is 6.00. The molecular formula is C26H32Cl2N2O3. The van der Waals surface area contributed by atoms with Crippen molar-refractivity contribution in [3.05, 3.63) is 63.1 Å². The molecule has 2 aromatic rings. The van der Waals surface area contributed by atoms with Gasteiger partial charge in [-0.15, -0.1) is 0 Å². The number of hydrogen-bond donors (Lipinski definition) is 1. The number of halogens is 2. The predicted molar refractivity (Wildman–Crippen MR) is 133 cm³/mol. The number of aryl methyl sites for hydroxylation is 2. The number of nitrogens with zero attached hydrogens (tertiary/aromatic N) is 1. The van der Waals surface area contributed by atoms with Gasteiger partial charge in [0.1, 0.15) is 11.8 Å². The van der Waals surface area contributed by atoms with Gasteiger partial charge in [0, 0.05) is 22.6 Å². The Hall–Kier alpha value is -2.24. The summed E-state index contributed by atoms with van der Waals surface area (Å²) in [6.45, 7) is 5.91. The molecule has 178 valence electrons. The van der Waals surface area contributed by atoms with Crippen LogP contribution in [0.4, 0.5) is 0 Å². The van der Waals surface area contributed by atoms with Gasteiger partial charge in [0.15, 0.2) is 6.61 Å². The Morgan fingerprint density at radius 3 is 2.36 bits per heavy atom. The van der Waals surface area contributed by atoms with E-state index in [-0.39, 0.29) is 31.0 Å². The molecule has 0 aliphatic heterocycles. The van der Waals surface area contributed by atoms with Crippen LogP contribution in [-0.4, -0.2) is 35.4 Å².